The topological polar surface area (TPSA) is 68.0 Å². The van der Waals surface area contributed by atoms with Gasteiger partial charge in [-0.2, -0.15) is 0 Å². The second-order valence-corrected chi connectivity index (χ2v) is 4.05. The monoisotopic (exact) mass is 253 g/mol. The molecular formula is C14H11N3O2. The van der Waals surface area contributed by atoms with E-state index in [1.165, 1.54) is 0 Å². The number of carbonyl (C=O) groups excluding carboxylic acids is 1. The number of nitrogens with one attached hydrogen (secondary N) is 1. The minimum absolute atomic E-state index is 0.269. The fourth-order valence-electron chi connectivity index (χ4n) is 1.77. The van der Waals surface area contributed by atoms with Gasteiger partial charge in [0.25, 0.3) is 5.91 Å². The predicted octanol–water partition coefficient (Wildman–Crippen LogP) is 2.15. The Morgan fingerprint density at radius 1 is 1.16 bits per heavy atom. The molecule has 0 atom stereocenters. The van der Waals surface area contributed by atoms with Gasteiger partial charge in [-0.3, -0.25) is 4.79 Å². The molecule has 0 unspecified atom stereocenters. The molecule has 3 aromatic rings. The van der Waals surface area contributed by atoms with Gasteiger partial charge in [-0.25, -0.2) is 0 Å². The van der Waals surface area contributed by atoms with E-state index in [9.17, 15) is 4.79 Å². The number of amides is 1. The summed E-state index contributed by atoms with van der Waals surface area (Å²) < 4.78 is 5.14. The molecule has 0 aliphatic rings. The molecule has 0 saturated heterocycles. The summed E-state index contributed by atoms with van der Waals surface area (Å²) in [7, 11) is 0. The third-order valence-electron chi connectivity index (χ3n) is 2.73. The number of fused-ring (bicyclic) bond motifs is 1. The first-order valence-electron chi connectivity index (χ1n) is 5.86. The van der Waals surface area contributed by atoms with Crippen LogP contribution in [0, 0.1) is 0 Å². The van der Waals surface area contributed by atoms with Crippen LogP contribution in [0.15, 0.2) is 53.1 Å². The van der Waals surface area contributed by atoms with Gasteiger partial charge in [-0.1, -0.05) is 18.2 Å². The molecule has 94 valence electrons. The van der Waals surface area contributed by atoms with Crippen molar-refractivity contribution in [3.63, 3.8) is 0 Å². The third-order valence-corrected chi connectivity index (χ3v) is 2.73. The Balaban J connectivity index is 1.77. The van der Waals surface area contributed by atoms with Crippen LogP contribution in [0.25, 0.3) is 10.9 Å². The molecule has 0 fully saturated rings. The number of hydrogen-bond acceptors (Lipinski definition) is 4. The van der Waals surface area contributed by atoms with E-state index in [0.29, 0.717) is 18.0 Å². The molecule has 2 aromatic heterocycles. The fourth-order valence-corrected chi connectivity index (χ4v) is 1.77. The Labute approximate surface area is 109 Å². The van der Waals surface area contributed by atoms with E-state index in [2.05, 4.69) is 15.5 Å². The Morgan fingerprint density at radius 2 is 2.05 bits per heavy atom. The zero-order valence-electron chi connectivity index (χ0n) is 10.0. The van der Waals surface area contributed by atoms with Gasteiger partial charge in [-0.15, -0.1) is 10.2 Å². The first kappa shape index (κ1) is 11.4. The Hall–Kier alpha value is -2.69. The normalized spacial score (nSPS) is 10.5. The SMILES string of the molecule is O=C(NCc1ccco1)c1cc2ccccc2nn1. The number of carbonyl (C=O) groups is 1. The van der Waals surface area contributed by atoms with Crippen molar-refractivity contribution in [1.29, 1.82) is 0 Å². The zero-order chi connectivity index (χ0) is 13.1. The van der Waals surface area contributed by atoms with E-state index in [0.717, 1.165) is 10.9 Å². The third kappa shape index (κ3) is 2.44. The van der Waals surface area contributed by atoms with Gasteiger partial charge in [0.15, 0.2) is 5.69 Å². The summed E-state index contributed by atoms with van der Waals surface area (Å²) in [5, 5.41) is 11.5. The quantitative estimate of drug-likeness (QED) is 0.776. The molecule has 0 aliphatic carbocycles. The number of rotatable bonds is 3. The fraction of sp³-hybridized carbons (Fsp3) is 0.0714. The molecule has 5 heteroatoms. The van der Waals surface area contributed by atoms with Crippen LogP contribution in [0.2, 0.25) is 0 Å². The average Bonchev–Trinajstić information content (AvgIpc) is 2.97. The number of benzene rings is 1. The number of nitrogens with zero attached hydrogens (tertiary/aromatic N) is 2. The van der Waals surface area contributed by atoms with Crippen LogP contribution in [-0.2, 0) is 6.54 Å². The minimum Gasteiger partial charge on any atom is -0.467 e. The predicted molar refractivity (Wildman–Crippen MR) is 69.4 cm³/mol. The zero-order valence-corrected chi connectivity index (χ0v) is 10.0. The standard InChI is InChI=1S/C14H11N3O2/c18-14(15-9-11-5-3-7-19-11)13-8-10-4-1-2-6-12(10)16-17-13/h1-8H,9H2,(H,15,18). The van der Waals surface area contributed by atoms with Crippen LogP contribution >= 0.6 is 0 Å². The van der Waals surface area contributed by atoms with Gasteiger partial charge in [-0.05, 0) is 24.3 Å². The van der Waals surface area contributed by atoms with E-state index in [1.807, 2.05) is 24.3 Å². The maximum atomic E-state index is 11.9. The largest absolute Gasteiger partial charge is 0.467 e. The molecule has 0 radical (unpaired) electrons. The second-order valence-electron chi connectivity index (χ2n) is 4.05. The van der Waals surface area contributed by atoms with Gasteiger partial charge in [0.05, 0.1) is 18.3 Å². The maximum absolute atomic E-state index is 11.9. The van der Waals surface area contributed by atoms with E-state index in [1.54, 1.807) is 24.5 Å². The highest BCUT2D eigenvalue weighted by Crippen LogP contribution is 2.10. The van der Waals surface area contributed by atoms with Crippen LogP contribution in [0.5, 0.6) is 0 Å². The molecule has 0 aliphatic heterocycles. The van der Waals surface area contributed by atoms with E-state index in [4.69, 9.17) is 4.42 Å². The van der Waals surface area contributed by atoms with Crippen molar-refractivity contribution in [3.8, 4) is 0 Å². The Morgan fingerprint density at radius 3 is 2.89 bits per heavy atom. The smallest absolute Gasteiger partial charge is 0.272 e. The van der Waals surface area contributed by atoms with Gasteiger partial charge in [0.2, 0.25) is 0 Å². The molecule has 1 aromatic carbocycles. The van der Waals surface area contributed by atoms with Gasteiger partial charge in [0.1, 0.15) is 5.76 Å². The van der Waals surface area contributed by atoms with Crippen LogP contribution in [0.4, 0.5) is 0 Å². The molecule has 5 nitrogen and oxygen atoms in total. The average molecular weight is 253 g/mol. The summed E-state index contributed by atoms with van der Waals surface area (Å²) in [5.41, 5.74) is 1.07. The van der Waals surface area contributed by atoms with Crippen LogP contribution in [0.3, 0.4) is 0 Å². The highest BCUT2D eigenvalue weighted by Gasteiger charge is 2.09. The van der Waals surface area contributed by atoms with E-state index < -0.39 is 0 Å². The highest BCUT2D eigenvalue weighted by molar-refractivity contribution is 5.95. The molecular weight excluding hydrogens is 242 g/mol. The lowest BCUT2D eigenvalue weighted by Crippen LogP contribution is -2.23. The Kier molecular flexibility index (Phi) is 2.94. The molecule has 2 heterocycles. The van der Waals surface area contributed by atoms with Crippen LogP contribution in [-0.4, -0.2) is 16.1 Å². The first-order valence-corrected chi connectivity index (χ1v) is 5.86. The molecule has 1 N–H and O–H groups in total. The van der Waals surface area contributed by atoms with Crippen molar-refractivity contribution in [1.82, 2.24) is 15.5 Å². The van der Waals surface area contributed by atoms with Crippen LogP contribution in [0.1, 0.15) is 16.2 Å². The van der Waals surface area contributed by atoms with Crippen molar-refractivity contribution in [2.24, 2.45) is 0 Å². The van der Waals surface area contributed by atoms with Crippen LogP contribution < -0.4 is 5.32 Å². The van der Waals surface area contributed by atoms with Gasteiger partial charge in [0, 0.05) is 5.39 Å². The summed E-state index contributed by atoms with van der Waals surface area (Å²) in [6.45, 7) is 0.334. The second kappa shape index (κ2) is 4.89. The summed E-state index contributed by atoms with van der Waals surface area (Å²) in [4.78, 5) is 11.9. The summed E-state index contributed by atoms with van der Waals surface area (Å²) in [6.07, 6.45) is 1.57. The lowest BCUT2D eigenvalue weighted by atomic mass is 10.2. The molecule has 0 spiro atoms. The van der Waals surface area contributed by atoms with Crippen molar-refractivity contribution in [3.05, 3.63) is 60.2 Å². The number of aromatic nitrogens is 2. The first-order chi connectivity index (χ1) is 9.33. The van der Waals surface area contributed by atoms with Crippen molar-refractivity contribution in [2.45, 2.75) is 6.54 Å². The summed E-state index contributed by atoms with van der Waals surface area (Å²) >= 11 is 0. The molecule has 0 saturated carbocycles. The Bertz CT molecular complexity index is 708. The molecule has 0 bridgehead atoms. The van der Waals surface area contributed by atoms with Gasteiger partial charge < -0.3 is 9.73 Å². The molecule has 3 rings (SSSR count). The van der Waals surface area contributed by atoms with E-state index >= 15 is 0 Å². The summed E-state index contributed by atoms with van der Waals surface area (Å²) in [5.74, 6) is 0.428. The van der Waals surface area contributed by atoms with Crippen molar-refractivity contribution >= 4 is 16.8 Å². The minimum atomic E-state index is -0.269. The number of furan rings is 1. The lowest BCUT2D eigenvalue weighted by Gasteiger charge is -2.03. The van der Waals surface area contributed by atoms with Gasteiger partial charge >= 0.3 is 0 Å². The molecule has 1 amide bonds. The summed E-state index contributed by atoms with van der Waals surface area (Å²) in [6, 6.07) is 12.8. The molecule has 19 heavy (non-hydrogen) atoms. The maximum Gasteiger partial charge on any atom is 0.272 e. The number of hydrogen-bond donors (Lipinski definition) is 1. The highest BCUT2D eigenvalue weighted by atomic mass is 16.3. The van der Waals surface area contributed by atoms with E-state index in [-0.39, 0.29) is 5.91 Å². The lowest BCUT2D eigenvalue weighted by molar-refractivity contribution is 0.0942. The van der Waals surface area contributed by atoms with Crippen molar-refractivity contribution in [2.75, 3.05) is 0 Å². The van der Waals surface area contributed by atoms with Crippen molar-refractivity contribution < 1.29 is 9.21 Å².